The number of aromatic hydroxyl groups is 1. The second-order valence-corrected chi connectivity index (χ2v) is 6.18. The summed E-state index contributed by atoms with van der Waals surface area (Å²) in [7, 11) is 4.65. The fraction of sp³-hybridized carbons (Fsp3) is 0.350. The Labute approximate surface area is 152 Å². The number of phenolic OH excluding ortho intramolecular Hbond substituents is 1. The van der Waals surface area contributed by atoms with Crippen molar-refractivity contribution in [3.8, 4) is 28.7 Å². The molecule has 0 amide bonds. The van der Waals surface area contributed by atoms with Crippen LogP contribution in [0.5, 0.6) is 28.7 Å². The van der Waals surface area contributed by atoms with Gasteiger partial charge < -0.3 is 24.1 Å². The minimum absolute atomic E-state index is 0.0850. The zero-order chi connectivity index (χ0) is 19.0. The van der Waals surface area contributed by atoms with Gasteiger partial charge in [0, 0.05) is 11.1 Å². The van der Waals surface area contributed by atoms with Gasteiger partial charge in [-0.3, -0.25) is 4.79 Å². The summed E-state index contributed by atoms with van der Waals surface area (Å²) >= 11 is 0. The summed E-state index contributed by atoms with van der Waals surface area (Å²) in [6, 6.07) is 5.41. The molecule has 0 aromatic heterocycles. The summed E-state index contributed by atoms with van der Waals surface area (Å²) in [6.45, 7) is 3.53. The minimum atomic E-state index is -0.486. The lowest BCUT2D eigenvalue weighted by atomic mass is 9.91. The van der Waals surface area contributed by atoms with E-state index in [4.69, 9.17) is 18.9 Å². The standard InChI is InChI=1S/C20H22O6/c1-10-18(22)17-13(21)9-15(26-20(17)11(2)19(10)25-5)12-6-7-14(23-3)16(8-12)24-4/h6-8,15,22H,9H2,1-5H3. The quantitative estimate of drug-likeness (QED) is 0.897. The van der Waals surface area contributed by atoms with E-state index in [1.54, 1.807) is 33.3 Å². The molecule has 0 saturated carbocycles. The van der Waals surface area contributed by atoms with Gasteiger partial charge >= 0.3 is 0 Å². The number of hydrogen-bond acceptors (Lipinski definition) is 6. The molecule has 2 aromatic carbocycles. The number of carbonyl (C=O) groups excluding carboxylic acids is 1. The number of phenols is 1. The molecule has 26 heavy (non-hydrogen) atoms. The molecule has 0 fully saturated rings. The van der Waals surface area contributed by atoms with Crippen LogP contribution in [-0.4, -0.2) is 32.2 Å². The monoisotopic (exact) mass is 358 g/mol. The lowest BCUT2D eigenvalue weighted by Gasteiger charge is -2.29. The van der Waals surface area contributed by atoms with E-state index in [0.717, 1.165) is 5.56 Å². The Morgan fingerprint density at radius 1 is 1.04 bits per heavy atom. The molecule has 1 aliphatic rings. The molecule has 1 atom stereocenters. The van der Waals surface area contributed by atoms with Gasteiger partial charge in [0.1, 0.15) is 28.9 Å². The topological polar surface area (TPSA) is 74.2 Å². The Kier molecular flexibility index (Phi) is 4.68. The fourth-order valence-electron chi connectivity index (χ4n) is 3.38. The van der Waals surface area contributed by atoms with Crippen LogP contribution in [0.4, 0.5) is 0 Å². The summed E-state index contributed by atoms with van der Waals surface area (Å²) in [5.74, 6) is 1.79. The number of ketones is 1. The van der Waals surface area contributed by atoms with Crippen molar-refractivity contribution < 1.29 is 28.8 Å². The number of hydrogen-bond donors (Lipinski definition) is 1. The van der Waals surface area contributed by atoms with Crippen molar-refractivity contribution in [1.82, 2.24) is 0 Å². The Morgan fingerprint density at radius 3 is 2.35 bits per heavy atom. The highest BCUT2D eigenvalue weighted by atomic mass is 16.5. The molecule has 0 spiro atoms. The Morgan fingerprint density at radius 2 is 1.73 bits per heavy atom. The van der Waals surface area contributed by atoms with Crippen LogP contribution >= 0.6 is 0 Å². The SMILES string of the molecule is COc1ccc(C2CC(=O)c3c(O)c(C)c(OC)c(C)c3O2)cc1OC. The summed E-state index contributed by atoms with van der Waals surface area (Å²) < 4.78 is 22.1. The van der Waals surface area contributed by atoms with Gasteiger partial charge in [0.25, 0.3) is 0 Å². The maximum Gasteiger partial charge on any atom is 0.174 e. The first kappa shape index (κ1) is 17.9. The van der Waals surface area contributed by atoms with E-state index in [1.807, 2.05) is 13.0 Å². The molecule has 1 N–H and O–H groups in total. The van der Waals surface area contributed by atoms with Crippen molar-refractivity contribution in [2.75, 3.05) is 21.3 Å². The highest BCUT2D eigenvalue weighted by Crippen LogP contribution is 2.48. The molecule has 6 heteroatoms. The van der Waals surface area contributed by atoms with Crippen LogP contribution in [0, 0.1) is 13.8 Å². The summed E-state index contributed by atoms with van der Waals surface area (Å²) in [5, 5.41) is 10.4. The molecule has 1 heterocycles. The first-order valence-electron chi connectivity index (χ1n) is 8.24. The van der Waals surface area contributed by atoms with E-state index in [2.05, 4.69) is 0 Å². The first-order valence-corrected chi connectivity index (χ1v) is 8.24. The van der Waals surface area contributed by atoms with Crippen LogP contribution in [0.2, 0.25) is 0 Å². The fourth-order valence-corrected chi connectivity index (χ4v) is 3.38. The molecule has 3 rings (SSSR count). The first-order chi connectivity index (χ1) is 12.4. The van der Waals surface area contributed by atoms with E-state index in [9.17, 15) is 9.90 Å². The number of methoxy groups -OCH3 is 3. The van der Waals surface area contributed by atoms with E-state index in [1.165, 1.54) is 7.11 Å². The van der Waals surface area contributed by atoms with Crippen LogP contribution in [0.1, 0.15) is 39.6 Å². The van der Waals surface area contributed by atoms with Crippen molar-refractivity contribution in [3.05, 3.63) is 40.5 Å². The second kappa shape index (κ2) is 6.78. The van der Waals surface area contributed by atoms with Gasteiger partial charge in [-0.2, -0.15) is 0 Å². The van der Waals surface area contributed by atoms with Crippen molar-refractivity contribution in [2.24, 2.45) is 0 Å². The normalized spacial score (nSPS) is 15.9. The van der Waals surface area contributed by atoms with Crippen LogP contribution in [-0.2, 0) is 0 Å². The predicted octanol–water partition coefficient (Wildman–Crippen LogP) is 3.74. The number of rotatable bonds is 4. The molecule has 138 valence electrons. The largest absolute Gasteiger partial charge is 0.507 e. The lowest BCUT2D eigenvalue weighted by Crippen LogP contribution is -2.22. The molecule has 0 bridgehead atoms. The number of carbonyl (C=O) groups is 1. The van der Waals surface area contributed by atoms with Crippen molar-refractivity contribution in [1.29, 1.82) is 0 Å². The maximum atomic E-state index is 12.7. The highest BCUT2D eigenvalue weighted by molar-refractivity contribution is 6.03. The predicted molar refractivity (Wildman–Crippen MR) is 96.0 cm³/mol. The van der Waals surface area contributed by atoms with Crippen molar-refractivity contribution in [3.63, 3.8) is 0 Å². The summed E-state index contributed by atoms with van der Waals surface area (Å²) in [5.41, 5.74) is 2.24. The third-order valence-corrected chi connectivity index (χ3v) is 4.73. The zero-order valence-corrected chi connectivity index (χ0v) is 15.5. The Balaban J connectivity index is 2.08. The second-order valence-electron chi connectivity index (χ2n) is 6.18. The molecule has 0 radical (unpaired) electrons. The van der Waals surface area contributed by atoms with Crippen LogP contribution in [0.3, 0.4) is 0 Å². The third-order valence-electron chi connectivity index (χ3n) is 4.73. The number of Topliss-reactive ketones (excluding diaryl/α,β-unsaturated/α-hetero) is 1. The molecular formula is C20H22O6. The number of fused-ring (bicyclic) bond motifs is 1. The Bertz CT molecular complexity index is 871. The molecular weight excluding hydrogens is 336 g/mol. The van der Waals surface area contributed by atoms with Crippen LogP contribution in [0.25, 0.3) is 0 Å². The smallest absolute Gasteiger partial charge is 0.174 e. The van der Waals surface area contributed by atoms with Crippen LogP contribution in [0.15, 0.2) is 18.2 Å². The van der Waals surface area contributed by atoms with Crippen molar-refractivity contribution in [2.45, 2.75) is 26.4 Å². The lowest BCUT2D eigenvalue weighted by molar-refractivity contribution is 0.0842. The number of ether oxygens (including phenoxy) is 4. The van der Waals surface area contributed by atoms with E-state index in [0.29, 0.717) is 34.1 Å². The minimum Gasteiger partial charge on any atom is -0.507 e. The highest BCUT2D eigenvalue weighted by Gasteiger charge is 2.34. The molecule has 2 aromatic rings. The maximum absolute atomic E-state index is 12.7. The summed E-state index contributed by atoms with van der Waals surface area (Å²) in [6.07, 6.45) is -0.360. The van der Waals surface area contributed by atoms with Crippen molar-refractivity contribution >= 4 is 5.78 Å². The average molecular weight is 358 g/mol. The van der Waals surface area contributed by atoms with Gasteiger partial charge in [0.2, 0.25) is 0 Å². The van der Waals surface area contributed by atoms with Gasteiger partial charge in [-0.05, 0) is 31.5 Å². The Hall–Kier alpha value is -2.89. The van der Waals surface area contributed by atoms with Gasteiger partial charge in [-0.15, -0.1) is 0 Å². The van der Waals surface area contributed by atoms with Gasteiger partial charge in [-0.1, -0.05) is 6.07 Å². The molecule has 1 unspecified atom stereocenters. The molecule has 6 nitrogen and oxygen atoms in total. The molecule has 0 saturated heterocycles. The molecule has 1 aliphatic heterocycles. The third kappa shape index (κ3) is 2.71. The average Bonchev–Trinajstić information content (AvgIpc) is 2.65. The van der Waals surface area contributed by atoms with Gasteiger partial charge in [0.05, 0.1) is 27.8 Å². The van der Waals surface area contributed by atoms with Gasteiger partial charge in [0.15, 0.2) is 17.3 Å². The summed E-state index contributed by atoms with van der Waals surface area (Å²) in [4.78, 5) is 12.7. The van der Waals surface area contributed by atoms with E-state index < -0.39 is 6.10 Å². The van der Waals surface area contributed by atoms with Crippen LogP contribution < -0.4 is 18.9 Å². The van der Waals surface area contributed by atoms with Gasteiger partial charge in [-0.25, -0.2) is 0 Å². The zero-order valence-electron chi connectivity index (χ0n) is 15.5. The molecule has 0 aliphatic carbocycles. The number of benzene rings is 2. The van der Waals surface area contributed by atoms with E-state index in [-0.39, 0.29) is 23.5 Å². The van der Waals surface area contributed by atoms with E-state index >= 15 is 0 Å².